The largest absolute Gasteiger partial charge is 0.444 e. The number of likely N-dealkylation sites (tertiary alicyclic amines) is 1. The van der Waals surface area contributed by atoms with E-state index in [1.54, 1.807) is 25.3 Å². The predicted octanol–water partition coefficient (Wildman–Crippen LogP) is 4.02. The Labute approximate surface area is 183 Å². The first-order valence-corrected chi connectivity index (χ1v) is 10.2. The first-order valence-electron chi connectivity index (χ1n) is 10.2. The predicted molar refractivity (Wildman–Crippen MR) is 108 cm³/mol. The molecule has 2 aromatic heterocycles. The smallest absolute Gasteiger partial charge is 0.433 e. The SMILES string of the molecule is CC(C)(C)OC(=O)N1CC[C@@H](c2nc(-c3ccnc(C(F)(F)F)c3)cn2CCO)[C@@H](F)C1. The van der Waals surface area contributed by atoms with Crippen molar-refractivity contribution in [3.63, 3.8) is 0 Å². The van der Waals surface area contributed by atoms with Crippen LogP contribution >= 0.6 is 0 Å². The maximum atomic E-state index is 15.1. The molecule has 11 heteroatoms. The van der Waals surface area contributed by atoms with Crippen LogP contribution in [-0.4, -0.2) is 62.1 Å². The van der Waals surface area contributed by atoms with Crippen LogP contribution in [0.15, 0.2) is 24.5 Å². The summed E-state index contributed by atoms with van der Waals surface area (Å²) in [5.74, 6) is -0.367. The highest BCUT2D eigenvalue weighted by Gasteiger charge is 2.37. The minimum atomic E-state index is -4.61. The summed E-state index contributed by atoms with van der Waals surface area (Å²) in [4.78, 5) is 21.3. The summed E-state index contributed by atoms with van der Waals surface area (Å²) in [5.41, 5.74) is -1.34. The fourth-order valence-electron chi connectivity index (χ4n) is 3.58. The quantitative estimate of drug-likeness (QED) is 0.700. The van der Waals surface area contributed by atoms with E-state index in [1.807, 2.05) is 0 Å². The molecule has 1 aliphatic rings. The summed E-state index contributed by atoms with van der Waals surface area (Å²) in [5, 5.41) is 9.39. The van der Waals surface area contributed by atoms with Gasteiger partial charge in [0.25, 0.3) is 0 Å². The zero-order chi connectivity index (χ0) is 23.7. The molecule has 1 amide bonds. The fraction of sp³-hybridized carbons (Fsp3) is 0.571. The molecule has 1 aliphatic heterocycles. The number of aliphatic hydroxyl groups is 1. The molecule has 0 saturated carbocycles. The zero-order valence-corrected chi connectivity index (χ0v) is 18.1. The van der Waals surface area contributed by atoms with Crippen molar-refractivity contribution in [3.8, 4) is 11.3 Å². The molecule has 7 nitrogen and oxygen atoms in total. The Kier molecular flexibility index (Phi) is 6.77. The lowest BCUT2D eigenvalue weighted by Crippen LogP contribution is -2.46. The zero-order valence-electron chi connectivity index (χ0n) is 18.1. The van der Waals surface area contributed by atoms with Gasteiger partial charge in [0, 0.05) is 31.0 Å². The summed E-state index contributed by atoms with van der Waals surface area (Å²) in [7, 11) is 0. The maximum Gasteiger partial charge on any atom is 0.433 e. The normalized spacial score (nSPS) is 19.8. The average Bonchev–Trinajstić information content (AvgIpc) is 3.10. The molecular weight excluding hydrogens is 432 g/mol. The van der Waals surface area contributed by atoms with Gasteiger partial charge in [-0.1, -0.05) is 0 Å². The number of halogens is 4. The van der Waals surface area contributed by atoms with E-state index in [4.69, 9.17) is 4.74 Å². The van der Waals surface area contributed by atoms with Crippen molar-refractivity contribution in [2.24, 2.45) is 0 Å². The number of pyridine rings is 1. The third-order valence-electron chi connectivity index (χ3n) is 5.02. The number of piperidine rings is 1. The summed E-state index contributed by atoms with van der Waals surface area (Å²) < 4.78 is 61.0. The molecule has 3 heterocycles. The number of carbonyl (C=O) groups excluding carboxylic acids is 1. The molecule has 0 aliphatic carbocycles. The van der Waals surface area contributed by atoms with Crippen molar-refractivity contribution in [1.82, 2.24) is 19.4 Å². The van der Waals surface area contributed by atoms with E-state index >= 15 is 4.39 Å². The molecule has 0 unspecified atom stereocenters. The molecular formula is C21H26F4N4O3. The van der Waals surface area contributed by atoms with Crippen molar-refractivity contribution in [2.75, 3.05) is 19.7 Å². The average molecular weight is 458 g/mol. The third-order valence-corrected chi connectivity index (χ3v) is 5.02. The standard InChI is InChI=1S/C21H26F4N4O3/c1-20(2,3)32-19(31)29-7-5-14(15(22)11-29)18-27-16(12-28(18)8-9-30)13-4-6-26-17(10-13)21(23,24)25/h4,6,10,12,14-15,30H,5,7-9,11H2,1-3H3/t14-,15+/m1/s1. The number of rotatable bonds is 4. The number of hydrogen-bond acceptors (Lipinski definition) is 5. The lowest BCUT2D eigenvalue weighted by Gasteiger charge is -2.35. The van der Waals surface area contributed by atoms with Gasteiger partial charge >= 0.3 is 12.3 Å². The molecule has 0 bridgehead atoms. The molecule has 2 aromatic rings. The van der Waals surface area contributed by atoms with Crippen molar-refractivity contribution < 1.29 is 32.2 Å². The van der Waals surface area contributed by atoms with Gasteiger partial charge in [0.05, 0.1) is 24.8 Å². The topological polar surface area (TPSA) is 80.5 Å². The van der Waals surface area contributed by atoms with E-state index in [0.717, 1.165) is 12.3 Å². The van der Waals surface area contributed by atoms with Gasteiger partial charge in [0.15, 0.2) is 0 Å². The Morgan fingerprint density at radius 3 is 2.62 bits per heavy atom. The number of aliphatic hydroxyl groups excluding tert-OH is 1. The molecule has 2 atom stereocenters. The molecule has 32 heavy (non-hydrogen) atoms. The van der Waals surface area contributed by atoms with E-state index in [-0.39, 0.29) is 43.9 Å². The van der Waals surface area contributed by atoms with Gasteiger partial charge in [-0.2, -0.15) is 13.2 Å². The molecule has 0 spiro atoms. The van der Waals surface area contributed by atoms with Crippen LogP contribution in [0.2, 0.25) is 0 Å². The van der Waals surface area contributed by atoms with Crippen LogP contribution in [0.1, 0.15) is 44.6 Å². The number of aromatic nitrogens is 3. The van der Waals surface area contributed by atoms with Crippen LogP contribution in [-0.2, 0) is 17.5 Å². The second kappa shape index (κ2) is 9.05. The Balaban J connectivity index is 1.84. The highest BCUT2D eigenvalue weighted by atomic mass is 19.4. The minimum Gasteiger partial charge on any atom is -0.444 e. The Hall–Kier alpha value is -2.69. The van der Waals surface area contributed by atoms with Gasteiger partial charge in [0.2, 0.25) is 0 Å². The van der Waals surface area contributed by atoms with Gasteiger partial charge in [-0.05, 0) is 39.3 Å². The van der Waals surface area contributed by atoms with E-state index < -0.39 is 35.7 Å². The lowest BCUT2D eigenvalue weighted by atomic mass is 9.94. The maximum absolute atomic E-state index is 15.1. The number of nitrogens with zero attached hydrogens (tertiary/aromatic N) is 4. The number of amides is 1. The van der Waals surface area contributed by atoms with E-state index in [1.165, 1.54) is 17.2 Å². The van der Waals surface area contributed by atoms with Crippen molar-refractivity contribution in [3.05, 3.63) is 36.0 Å². The van der Waals surface area contributed by atoms with Gasteiger partial charge in [-0.25, -0.2) is 14.2 Å². The molecule has 3 rings (SSSR count). The highest BCUT2D eigenvalue weighted by Crippen LogP contribution is 2.34. The van der Waals surface area contributed by atoms with Crippen LogP contribution < -0.4 is 0 Å². The Morgan fingerprint density at radius 2 is 2.03 bits per heavy atom. The Morgan fingerprint density at radius 1 is 1.31 bits per heavy atom. The Bertz CT molecular complexity index is 955. The first-order chi connectivity index (χ1) is 14.9. The van der Waals surface area contributed by atoms with E-state index in [2.05, 4.69) is 9.97 Å². The summed E-state index contributed by atoms with van der Waals surface area (Å²) in [6.07, 6.45) is -3.87. The molecule has 0 radical (unpaired) electrons. The highest BCUT2D eigenvalue weighted by molar-refractivity contribution is 5.68. The van der Waals surface area contributed by atoms with Crippen molar-refractivity contribution in [2.45, 2.75) is 57.6 Å². The molecule has 1 saturated heterocycles. The third kappa shape index (κ3) is 5.56. The van der Waals surface area contributed by atoms with Gasteiger partial charge in [-0.15, -0.1) is 0 Å². The summed E-state index contributed by atoms with van der Waals surface area (Å²) in [6.45, 7) is 5.09. The fourth-order valence-corrected chi connectivity index (χ4v) is 3.58. The lowest BCUT2D eigenvalue weighted by molar-refractivity contribution is -0.141. The molecule has 0 aromatic carbocycles. The van der Waals surface area contributed by atoms with Crippen molar-refractivity contribution in [1.29, 1.82) is 0 Å². The monoisotopic (exact) mass is 458 g/mol. The van der Waals surface area contributed by atoms with Crippen LogP contribution in [0.3, 0.4) is 0 Å². The first kappa shape index (κ1) is 24.0. The van der Waals surface area contributed by atoms with Crippen LogP contribution in [0, 0.1) is 0 Å². The van der Waals surface area contributed by atoms with Crippen LogP contribution in [0.5, 0.6) is 0 Å². The summed E-state index contributed by atoms with van der Waals surface area (Å²) >= 11 is 0. The van der Waals surface area contributed by atoms with E-state index in [9.17, 15) is 23.1 Å². The molecule has 176 valence electrons. The number of ether oxygens (including phenoxy) is 1. The molecule has 1 fully saturated rings. The number of carbonyl (C=O) groups is 1. The minimum absolute atomic E-state index is 0.110. The second-order valence-corrected chi connectivity index (χ2v) is 8.67. The molecule has 1 N–H and O–H groups in total. The van der Waals surface area contributed by atoms with Crippen LogP contribution in [0.4, 0.5) is 22.4 Å². The van der Waals surface area contributed by atoms with Gasteiger partial charge < -0.3 is 19.3 Å². The number of hydrogen-bond donors (Lipinski definition) is 1. The number of alkyl halides is 4. The second-order valence-electron chi connectivity index (χ2n) is 8.67. The van der Waals surface area contributed by atoms with Gasteiger partial charge in [-0.3, -0.25) is 4.98 Å². The van der Waals surface area contributed by atoms with Gasteiger partial charge in [0.1, 0.15) is 23.3 Å². The van der Waals surface area contributed by atoms with E-state index in [0.29, 0.717) is 5.82 Å². The van der Waals surface area contributed by atoms with Crippen LogP contribution in [0.25, 0.3) is 11.3 Å². The summed E-state index contributed by atoms with van der Waals surface area (Å²) in [6, 6.07) is 2.27. The van der Waals surface area contributed by atoms with Crippen molar-refractivity contribution >= 4 is 6.09 Å². The number of imidazole rings is 1.